The molecule has 0 amide bonds. The first kappa shape index (κ1) is 26.1. The molecule has 10 aromatic rings. The maximum absolute atomic E-state index is 6.67. The summed E-state index contributed by atoms with van der Waals surface area (Å²) in [6.45, 7) is 0. The van der Waals surface area contributed by atoms with Crippen LogP contribution < -0.4 is 0 Å². The van der Waals surface area contributed by atoms with Gasteiger partial charge < -0.3 is 4.42 Å². The summed E-state index contributed by atoms with van der Waals surface area (Å²) >= 11 is 0. The minimum atomic E-state index is 0.910. The van der Waals surface area contributed by atoms with E-state index in [9.17, 15) is 0 Å². The van der Waals surface area contributed by atoms with Gasteiger partial charge in [-0.05, 0) is 83.2 Å². The number of rotatable bonds is 3. The van der Waals surface area contributed by atoms with E-state index in [0.29, 0.717) is 0 Å². The normalized spacial score (nSPS) is 11.8. The summed E-state index contributed by atoms with van der Waals surface area (Å²) in [6.07, 6.45) is 0. The van der Waals surface area contributed by atoms with Crippen LogP contribution in [0.2, 0.25) is 0 Å². The van der Waals surface area contributed by atoms with E-state index in [-0.39, 0.29) is 0 Å². The average Bonchev–Trinajstić information content (AvgIpc) is 3.54. The van der Waals surface area contributed by atoms with Crippen molar-refractivity contribution in [1.82, 2.24) is 0 Å². The molecule has 1 aromatic heterocycles. The maximum atomic E-state index is 6.67. The summed E-state index contributed by atoms with van der Waals surface area (Å²) < 4.78 is 6.67. The van der Waals surface area contributed by atoms with Gasteiger partial charge in [-0.15, -0.1) is 0 Å². The van der Waals surface area contributed by atoms with Crippen LogP contribution in [0, 0.1) is 0 Å². The summed E-state index contributed by atoms with van der Waals surface area (Å²) in [7, 11) is 0. The van der Waals surface area contributed by atoms with Crippen molar-refractivity contribution in [2.75, 3.05) is 0 Å². The molecular formula is C46H28O. The van der Waals surface area contributed by atoms with Gasteiger partial charge in [0.25, 0.3) is 0 Å². The maximum Gasteiger partial charge on any atom is 0.143 e. The fourth-order valence-corrected chi connectivity index (χ4v) is 7.86. The van der Waals surface area contributed by atoms with Crippen molar-refractivity contribution >= 4 is 65.0 Å². The molecule has 0 saturated heterocycles. The van der Waals surface area contributed by atoms with Crippen LogP contribution in [0.5, 0.6) is 0 Å². The SMILES string of the molecule is c1ccc(-c2ccccc2-c2c3ccccc3c(-c3ccc4oc5c6ccccc6c6ccccc6c5c4c3)c3ccccc23)cc1. The van der Waals surface area contributed by atoms with Crippen molar-refractivity contribution in [1.29, 1.82) is 0 Å². The molecule has 0 aliphatic carbocycles. The van der Waals surface area contributed by atoms with Crippen LogP contribution in [0.3, 0.4) is 0 Å². The second-order valence-corrected chi connectivity index (χ2v) is 12.4. The van der Waals surface area contributed by atoms with Gasteiger partial charge in [0.15, 0.2) is 0 Å². The molecule has 1 heteroatoms. The Hall–Kier alpha value is -6.18. The highest BCUT2D eigenvalue weighted by atomic mass is 16.3. The monoisotopic (exact) mass is 596 g/mol. The molecule has 0 atom stereocenters. The van der Waals surface area contributed by atoms with Crippen molar-refractivity contribution < 1.29 is 4.42 Å². The summed E-state index contributed by atoms with van der Waals surface area (Å²) in [6, 6.07) is 61.4. The average molecular weight is 597 g/mol. The zero-order chi connectivity index (χ0) is 30.9. The van der Waals surface area contributed by atoms with Gasteiger partial charge in [0.05, 0.1) is 0 Å². The largest absolute Gasteiger partial charge is 0.455 e. The lowest BCUT2D eigenvalue weighted by atomic mass is 9.83. The van der Waals surface area contributed by atoms with Gasteiger partial charge in [0.2, 0.25) is 0 Å². The third-order valence-corrected chi connectivity index (χ3v) is 9.85. The Labute approximate surface area is 271 Å². The number of fused-ring (bicyclic) bond motifs is 10. The van der Waals surface area contributed by atoms with E-state index in [2.05, 4.69) is 170 Å². The van der Waals surface area contributed by atoms with Crippen molar-refractivity contribution in [3.63, 3.8) is 0 Å². The van der Waals surface area contributed by atoms with Crippen molar-refractivity contribution in [3.05, 3.63) is 170 Å². The second kappa shape index (κ2) is 10.2. The van der Waals surface area contributed by atoms with E-state index in [0.717, 1.165) is 21.9 Å². The fourth-order valence-electron chi connectivity index (χ4n) is 7.86. The summed E-state index contributed by atoms with van der Waals surface area (Å²) in [4.78, 5) is 0. The molecular weight excluding hydrogens is 569 g/mol. The second-order valence-electron chi connectivity index (χ2n) is 12.4. The Kier molecular flexibility index (Phi) is 5.64. The molecule has 0 radical (unpaired) electrons. The van der Waals surface area contributed by atoms with E-state index >= 15 is 0 Å². The number of hydrogen-bond acceptors (Lipinski definition) is 1. The van der Waals surface area contributed by atoms with Gasteiger partial charge in [-0.3, -0.25) is 0 Å². The van der Waals surface area contributed by atoms with E-state index in [1.165, 1.54) is 76.5 Å². The van der Waals surface area contributed by atoms with Gasteiger partial charge in [-0.25, -0.2) is 0 Å². The van der Waals surface area contributed by atoms with E-state index in [1.807, 2.05) is 0 Å². The number of furan rings is 1. The van der Waals surface area contributed by atoms with Gasteiger partial charge in [0.1, 0.15) is 11.2 Å². The minimum absolute atomic E-state index is 0.910. The zero-order valence-corrected chi connectivity index (χ0v) is 25.6. The Morgan fingerprint density at radius 3 is 1.45 bits per heavy atom. The Morgan fingerprint density at radius 1 is 0.298 bits per heavy atom. The molecule has 0 saturated carbocycles. The topological polar surface area (TPSA) is 13.1 Å². The van der Waals surface area contributed by atoms with E-state index < -0.39 is 0 Å². The lowest BCUT2D eigenvalue weighted by Crippen LogP contribution is -1.92. The molecule has 1 heterocycles. The van der Waals surface area contributed by atoms with Crippen LogP contribution in [0.4, 0.5) is 0 Å². The van der Waals surface area contributed by atoms with Gasteiger partial charge in [-0.1, -0.05) is 158 Å². The van der Waals surface area contributed by atoms with Crippen molar-refractivity contribution in [3.8, 4) is 33.4 Å². The molecule has 9 aromatic carbocycles. The lowest BCUT2D eigenvalue weighted by Gasteiger charge is -2.19. The molecule has 0 aliphatic heterocycles. The summed E-state index contributed by atoms with van der Waals surface area (Å²) in [5.74, 6) is 0. The van der Waals surface area contributed by atoms with E-state index in [1.54, 1.807) is 0 Å². The molecule has 10 rings (SSSR count). The standard InChI is InChI=1S/C46H28O/c1-2-14-29(15-3-1)31-16-4-7-19-34(31)44-38-23-11-9-21-36(38)43(37-22-10-12-24-39(37)44)30-26-27-42-41(28-30)45-35-20-8-5-17-32(35)33-18-6-13-25-40(33)46(45)47-42/h1-28H. The first-order chi connectivity index (χ1) is 23.3. The lowest BCUT2D eigenvalue weighted by molar-refractivity contribution is 0.673. The van der Waals surface area contributed by atoms with Crippen LogP contribution in [0.25, 0.3) is 98.4 Å². The predicted octanol–water partition coefficient (Wildman–Crippen LogP) is 13.2. The van der Waals surface area contributed by atoms with Crippen LogP contribution in [0.1, 0.15) is 0 Å². The van der Waals surface area contributed by atoms with Crippen LogP contribution >= 0.6 is 0 Å². The third-order valence-electron chi connectivity index (χ3n) is 9.85. The van der Waals surface area contributed by atoms with Crippen molar-refractivity contribution in [2.24, 2.45) is 0 Å². The Bertz CT molecular complexity index is 2780. The first-order valence-electron chi connectivity index (χ1n) is 16.2. The number of hydrogen-bond donors (Lipinski definition) is 0. The Morgan fingerprint density at radius 2 is 0.787 bits per heavy atom. The van der Waals surface area contributed by atoms with Crippen LogP contribution in [-0.2, 0) is 0 Å². The fraction of sp³-hybridized carbons (Fsp3) is 0. The summed E-state index contributed by atoms with van der Waals surface area (Å²) in [5.41, 5.74) is 9.27. The zero-order valence-electron chi connectivity index (χ0n) is 25.6. The highest BCUT2D eigenvalue weighted by molar-refractivity contribution is 6.31. The highest BCUT2D eigenvalue weighted by Gasteiger charge is 2.21. The molecule has 218 valence electrons. The summed E-state index contributed by atoms with van der Waals surface area (Å²) in [5, 5.41) is 12.1. The van der Waals surface area contributed by atoms with Gasteiger partial charge in [-0.2, -0.15) is 0 Å². The Balaban J connectivity index is 1.31. The first-order valence-corrected chi connectivity index (χ1v) is 16.2. The molecule has 0 N–H and O–H groups in total. The van der Waals surface area contributed by atoms with Gasteiger partial charge >= 0.3 is 0 Å². The van der Waals surface area contributed by atoms with Crippen LogP contribution in [-0.4, -0.2) is 0 Å². The minimum Gasteiger partial charge on any atom is -0.455 e. The molecule has 0 unspecified atom stereocenters. The van der Waals surface area contributed by atoms with E-state index in [4.69, 9.17) is 4.42 Å². The quantitative estimate of drug-likeness (QED) is 0.146. The van der Waals surface area contributed by atoms with Crippen LogP contribution in [0.15, 0.2) is 174 Å². The van der Waals surface area contributed by atoms with Gasteiger partial charge in [0, 0.05) is 16.2 Å². The molecule has 0 bridgehead atoms. The molecule has 0 spiro atoms. The van der Waals surface area contributed by atoms with Crippen molar-refractivity contribution in [2.45, 2.75) is 0 Å². The molecule has 47 heavy (non-hydrogen) atoms. The predicted molar refractivity (Wildman–Crippen MR) is 200 cm³/mol. The highest BCUT2D eigenvalue weighted by Crippen LogP contribution is 2.47. The molecule has 0 aliphatic rings. The molecule has 0 fully saturated rings. The molecule has 1 nitrogen and oxygen atoms in total. The third kappa shape index (κ3) is 3.84. The smallest absolute Gasteiger partial charge is 0.143 e. The number of benzene rings is 9.